The number of hydrogen-bond acceptors (Lipinski definition) is 3. The number of hydrogen-bond donors (Lipinski definition) is 2. The van der Waals surface area contributed by atoms with E-state index in [0.29, 0.717) is 25.7 Å². The van der Waals surface area contributed by atoms with Crippen molar-refractivity contribution in [3.8, 4) is 0 Å². The van der Waals surface area contributed by atoms with Gasteiger partial charge in [-0.05, 0) is 25.2 Å². The van der Waals surface area contributed by atoms with Gasteiger partial charge in [-0.1, -0.05) is 6.42 Å². The van der Waals surface area contributed by atoms with Gasteiger partial charge in [0.2, 0.25) is 0 Å². The van der Waals surface area contributed by atoms with Crippen LogP contribution in [0, 0.1) is 5.92 Å². The highest BCUT2D eigenvalue weighted by Crippen LogP contribution is 2.25. The van der Waals surface area contributed by atoms with E-state index in [0.717, 1.165) is 0 Å². The molecule has 0 bridgehead atoms. The first-order chi connectivity index (χ1) is 7.22. The molecule has 0 aromatic rings. The Bertz CT molecular complexity index is 328. The van der Waals surface area contributed by atoms with Crippen molar-refractivity contribution in [3.63, 3.8) is 0 Å². The number of alkyl halides is 3. The van der Waals surface area contributed by atoms with E-state index >= 15 is 0 Å². The van der Waals surface area contributed by atoms with Crippen molar-refractivity contribution >= 4 is 10.0 Å². The van der Waals surface area contributed by atoms with Crippen molar-refractivity contribution in [2.45, 2.75) is 37.3 Å². The highest BCUT2D eigenvalue weighted by Gasteiger charge is 2.45. The van der Waals surface area contributed by atoms with Crippen LogP contribution >= 0.6 is 0 Å². The van der Waals surface area contributed by atoms with Gasteiger partial charge in [-0.25, -0.2) is 13.1 Å². The normalized spacial score (nSPS) is 28.0. The molecule has 0 radical (unpaired) electrons. The van der Waals surface area contributed by atoms with Crippen LogP contribution in [0.1, 0.15) is 25.7 Å². The predicted molar refractivity (Wildman–Crippen MR) is 50.9 cm³/mol. The summed E-state index contributed by atoms with van der Waals surface area (Å²) in [7, 11) is -5.25. The molecule has 4 nitrogen and oxygen atoms in total. The Kier molecular flexibility index (Phi) is 4.19. The minimum Gasteiger partial charge on any atom is -0.393 e. The summed E-state index contributed by atoms with van der Waals surface area (Å²) in [6, 6.07) is 0. The first kappa shape index (κ1) is 13.7. The summed E-state index contributed by atoms with van der Waals surface area (Å²) in [4.78, 5) is 0. The zero-order valence-electron chi connectivity index (χ0n) is 8.50. The van der Waals surface area contributed by atoms with Gasteiger partial charge < -0.3 is 5.11 Å². The molecule has 2 atom stereocenters. The lowest BCUT2D eigenvalue weighted by molar-refractivity contribution is -0.0449. The van der Waals surface area contributed by atoms with Crippen LogP contribution in [0.3, 0.4) is 0 Å². The maximum Gasteiger partial charge on any atom is 0.511 e. The number of nitrogens with one attached hydrogen (secondary N) is 1. The second-order valence-electron chi connectivity index (χ2n) is 3.98. The topological polar surface area (TPSA) is 66.4 Å². The molecule has 1 rings (SSSR count). The molecule has 0 aromatic heterocycles. The fourth-order valence-electron chi connectivity index (χ4n) is 1.76. The molecule has 0 aliphatic heterocycles. The SMILES string of the molecule is O=S(=O)(NCC1CCCC(O)C1)C(F)(F)F. The van der Waals surface area contributed by atoms with Crippen molar-refractivity contribution in [2.24, 2.45) is 5.92 Å². The number of aliphatic hydroxyl groups excluding tert-OH is 1. The molecule has 0 aromatic carbocycles. The molecular formula is C8H14F3NO3S. The molecule has 1 aliphatic carbocycles. The maximum atomic E-state index is 12.0. The fourth-order valence-corrected chi connectivity index (χ4v) is 2.38. The minimum atomic E-state index is -5.26. The van der Waals surface area contributed by atoms with Crippen LogP contribution < -0.4 is 4.72 Å². The molecule has 0 spiro atoms. The molecule has 96 valence electrons. The van der Waals surface area contributed by atoms with Crippen LogP contribution in [0.25, 0.3) is 0 Å². The van der Waals surface area contributed by atoms with Crippen molar-refractivity contribution in [3.05, 3.63) is 0 Å². The third-order valence-corrected chi connectivity index (χ3v) is 3.78. The van der Waals surface area contributed by atoms with Gasteiger partial charge in [-0.2, -0.15) is 13.2 Å². The molecule has 16 heavy (non-hydrogen) atoms. The second kappa shape index (κ2) is 4.89. The lowest BCUT2D eigenvalue weighted by Gasteiger charge is -2.25. The smallest absolute Gasteiger partial charge is 0.393 e. The highest BCUT2D eigenvalue weighted by atomic mass is 32.2. The largest absolute Gasteiger partial charge is 0.511 e. The monoisotopic (exact) mass is 261 g/mol. The second-order valence-corrected chi connectivity index (χ2v) is 5.74. The third-order valence-electron chi connectivity index (χ3n) is 2.62. The number of aliphatic hydroxyl groups is 1. The van der Waals surface area contributed by atoms with E-state index in [1.807, 2.05) is 0 Å². The van der Waals surface area contributed by atoms with Gasteiger partial charge in [-0.15, -0.1) is 0 Å². The Balaban J connectivity index is 2.46. The summed E-state index contributed by atoms with van der Waals surface area (Å²) in [5.74, 6) is -0.221. The average molecular weight is 261 g/mol. The van der Waals surface area contributed by atoms with Crippen molar-refractivity contribution < 1.29 is 26.7 Å². The third kappa shape index (κ3) is 3.60. The molecule has 2 unspecified atom stereocenters. The van der Waals surface area contributed by atoms with Crippen LogP contribution in [-0.2, 0) is 10.0 Å². The highest BCUT2D eigenvalue weighted by molar-refractivity contribution is 7.90. The van der Waals surface area contributed by atoms with E-state index in [1.165, 1.54) is 4.72 Å². The first-order valence-electron chi connectivity index (χ1n) is 4.96. The predicted octanol–water partition coefficient (Wildman–Crippen LogP) is 0.977. The van der Waals surface area contributed by atoms with Gasteiger partial charge in [0.1, 0.15) is 0 Å². The van der Waals surface area contributed by atoms with Crippen LogP contribution in [0.4, 0.5) is 13.2 Å². The van der Waals surface area contributed by atoms with E-state index in [2.05, 4.69) is 0 Å². The summed E-state index contributed by atoms with van der Waals surface area (Å²) in [5, 5.41) is 9.27. The summed E-state index contributed by atoms with van der Waals surface area (Å²) in [6.07, 6.45) is 1.79. The standard InChI is InChI=1S/C8H14F3NO3S/c9-8(10,11)16(14,15)12-5-6-2-1-3-7(13)4-6/h6-7,12-13H,1-5H2. The van der Waals surface area contributed by atoms with Crippen LogP contribution in [0.5, 0.6) is 0 Å². The Hall–Kier alpha value is -0.340. The zero-order chi connectivity index (χ0) is 12.4. The first-order valence-corrected chi connectivity index (χ1v) is 6.44. The molecule has 1 aliphatic rings. The Morgan fingerprint density at radius 1 is 1.31 bits per heavy atom. The minimum absolute atomic E-state index is 0.221. The van der Waals surface area contributed by atoms with Crippen LogP contribution in [0.2, 0.25) is 0 Å². The van der Waals surface area contributed by atoms with E-state index in [4.69, 9.17) is 0 Å². The molecule has 1 saturated carbocycles. The zero-order valence-corrected chi connectivity index (χ0v) is 9.31. The van der Waals surface area contributed by atoms with E-state index in [9.17, 15) is 26.7 Å². The molecule has 0 amide bonds. The van der Waals surface area contributed by atoms with Gasteiger partial charge >= 0.3 is 15.5 Å². The summed E-state index contributed by atoms with van der Waals surface area (Å²) in [6.45, 7) is -0.265. The van der Waals surface area contributed by atoms with Gasteiger partial charge in [-0.3, -0.25) is 0 Å². The number of halogens is 3. The molecule has 2 N–H and O–H groups in total. The van der Waals surface area contributed by atoms with Crippen LogP contribution in [-0.4, -0.2) is 31.7 Å². The van der Waals surface area contributed by atoms with Crippen molar-refractivity contribution in [1.82, 2.24) is 4.72 Å². The quantitative estimate of drug-likeness (QED) is 0.795. The Morgan fingerprint density at radius 3 is 2.44 bits per heavy atom. The lowest BCUT2D eigenvalue weighted by Crippen LogP contribution is -2.40. The number of sulfonamides is 1. The fraction of sp³-hybridized carbons (Fsp3) is 1.00. The van der Waals surface area contributed by atoms with E-state index < -0.39 is 21.6 Å². The molecule has 1 fully saturated rings. The van der Waals surface area contributed by atoms with Gasteiger partial charge in [0.15, 0.2) is 0 Å². The van der Waals surface area contributed by atoms with Crippen molar-refractivity contribution in [2.75, 3.05) is 6.54 Å². The van der Waals surface area contributed by atoms with Crippen molar-refractivity contribution in [1.29, 1.82) is 0 Å². The van der Waals surface area contributed by atoms with Gasteiger partial charge in [0, 0.05) is 6.54 Å². The number of rotatable bonds is 3. The summed E-state index contributed by atoms with van der Waals surface area (Å²) >= 11 is 0. The van der Waals surface area contributed by atoms with E-state index in [-0.39, 0.29) is 12.5 Å². The Morgan fingerprint density at radius 2 is 1.94 bits per heavy atom. The average Bonchev–Trinajstić information content (AvgIpc) is 2.13. The van der Waals surface area contributed by atoms with Crippen LogP contribution in [0.15, 0.2) is 0 Å². The van der Waals surface area contributed by atoms with Gasteiger partial charge in [0.25, 0.3) is 0 Å². The molecular weight excluding hydrogens is 247 g/mol. The molecule has 0 heterocycles. The summed E-state index contributed by atoms with van der Waals surface area (Å²) < 4.78 is 58.8. The maximum absolute atomic E-state index is 12.0. The molecule has 0 saturated heterocycles. The van der Waals surface area contributed by atoms with E-state index in [1.54, 1.807) is 0 Å². The van der Waals surface area contributed by atoms with Gasteiger partial charge in [0.05, 0.1) is 6.10 Å². The lowest BCUT2D eigenvalue weighted by atomic mass is 9.87. The Labute approximate surface area is 91.9 Å². The summed E-state index contributed by atoms with van der Waals surface area (Å²) in [5.41, 5.74) is -5.26. The molecule has 8 heteroatoms.